The number of ether oxygens (including phenoxy) is 1. The maximum atomic E-state index is 13.2. The van der Waals surface area contributed by atoms with Gasteiger partial charge in [0, 0.05) is 10.9 Å². The Labute approximate surface area is 204 Å². The lowest BCUT2D eigenvalue weighted by atomic mass is 10.1. The molecule has 176 valence electrons. The number of anilines is 1. The number of thiophene rings is 1. The van der Waals surface area contributed by atoms with Gasteiger partial charge in [0.1, 0.15) is 16.3 Å². The van der Waals surface area contributed by atoms with E-state index in [1.165, 1.54) is 22.2 Å². The first kappa shape index (κ1) is 23.8. The van der Waals surface area contributed by atoms with Crippen LogP contribution in [-0.4, -0.2) is 33.0 Å². The molecule has 4 rings (SSSR count). The third-order valence-corrected chi connectivity index (χ3v) is 6.95. The zero-order chi connectivity index (χ0) is 24.4. The first-order valence-corrected chi connectivity index (χ1v) is 12.4. The van der Waals surface area contributed by atoms with Gasteiger partial charge in [-0.2, -0.15) is 0 Å². The Morgan fingerprint density at radius 2 is 1.91 bits per heavy atom. The molecule has 1 N–H and O–H groups in total. The van der Waals surface area contributed by atoms with Crippen molar-refractivity contribution in [3.8, 4) is 11.1 Å². The summed E-state index contributed by atoms with van der Waals surface area (Å²) in [6.45, 7) is 7.67. The van der Waals surface area contributed by atoms with Gasteiger partial charge in [-0.05, 0) is 25.3 Å². The van der Waals surface area contributed by atoms with Crippen LogP contribution in [0.25, 0.3) is 21.3 Å². The van der Waals surface area contributed by atoms with Gasteiger partial charge >= 0.3 is 5.97 Å². The van der Waals surface area contributed by atoms with Crippen molar-refractivity contribution in [1.82, 2.24) is 14.5 Å². The fourth-order valence-corrected chi connectivity index (χ4v) is 5.07. The number of amides is 1. The average Bonchev–Trinajstić information content (AvgIpc) is 3.38. The van der Waals surface area contributed by atoms with Crippen LogP contribution in [0.1, 0.15) is 34.8 Å². The lowest BCUT2D eigenvalue weighted by Crippen LogP contribution is -2.27. The Morgan fingerprint density at radius 3 is 2.62 bits per heavy atom. The molecule has 0 atom stereocenters. The summed E-state index contributed by atoms with van der Waals surface area (Å²) in [6.07, 6.45) is 1.38. The van der Waals surface area contributed by atoms with E-state index in [9.17, 15) is 14.4 Å². The third kappa shape index (κ3) is 5.07. The van der Waals surface area contributed by atoms with Gasteiger partial charge in [0.2, 0.25) is 5.91 Å². The van der Waals surface area contributed by atoms with Gasteiger partial charge in [0.25, 0.3) is 5.56 Å². The highest BCUT2D eigenvalue weighted by atomic mass is 32.1. The summed E-state index contributed by atoms with van der Waals surface area (Å²) in [6, 6.07) is 7.91. The molecule has 0 spiro atoms. The van der Waals surface area contributed by atoms with Gasteiger partial charge in [-0.15, -0.1) is 11.3 Å². The minimum atomic E-state index is -0.462. The van der Waals surface area contributed by atoms with E-state index in [4.69, 9.17) is 4.74 Å². The number of aromatic nitrogens is 3. The van der Waals surface area contributed by atoms with Crippen LogP contribution in [0.4, 0.5) is 5.13 Å². The molecule has 0 aliphatic heterocycles. The summed E-state index contributed by atoms with van der Waals surface area (Å²) < 4.78 is 6.53. The standard InChI is InChI=1S/C24H24N4O4S2/c1-13(2)10-32-23(31)20-15(4)26-24(34-20)27-18(29)9-28-12-25-21-19(22(28)30)17(11-33-21)16-7-5-14(3)6-8-16/h5-8,11-13H,9-10H2,1-4H3,(H,26,27,29). The fraction of sp³-hybridized carbons (Fsp3) is 0.292. The maximum Gasteiger partial charge on any atom is 0.350 e. The van der Waals surface area contributed by atoms with E-state index >= 15 is 0 Å². The fourth-order valence-electron chi connectivity index (χ4n) is 3.29. The number of thiazole rings is 1. The van der Waals surface area contributed by atoms with Crippen LogP contribution in [0, 0.1) is 19.8 Å². The molecular formula is C24H24N4O4S2. The molecule has 0 fully saturated rings. The van der Waals surface area contributed by atoms with E-state index in [-0.39, 0.29) is 23.2 Å². The van der Waals surface area contributed by atoms with Gasteiger partial charge in [0.05, 0.1) is 24.0 Å². The number of benzene rings is 1. The van der Waals surface area contributed by atoms with Crippen molar-refractivity contribution in [3.63, 3.8) is 0 Å². The number of fused-ring (bicyclic) bond motifs is 1. The molecule has 0 saturated heterocycles. The molecule has 4 aromatic rings. The average molecular weight is 497 g/mol. The van der Waals surface area contributed by atoms with Crippen molar-refractivity contribution in [3.05, 3.63) is 62.5 Å². The summed E-state index contributed by atoms with van der Waals surface area (Å²) in [5.74, 6) is -0.683. The second kappa shape index (κ2) is 9.86. The Morgan fingerprint density at radius 1 is 1.18 bits per heavy atom. The molecule has 3 heterocycles. The maximum absolute atomic E-state index is 13.2. The molecular weight excluding hydrogens is 472 g/mol. The minimum Gasteiger partial charge on any atom is -0.461 e. The van der Waals surface area contributed by atoms with Crippen LogP contribution in [0.5, 0.6) is 0 Å². The van der Waals surface area contributed by atoms with Crippen LogP contribution >= 0.6 is 22.7 Å². The Hall–Kier alpha value is -3.37. The number of hydrogen-bond acceptors (Lipinski definition) is 8. The number of esters is 1. The summed E-state index contributed by atoms with van der Waals surface area (Å²) >= 11 is 2.44. The summed E-state index contributed by atoms with van der Waals surface area (Å²) in [5.41, 5.74) is 3.05. The summed E-state index contributed by atoms with van der Waals surface area (Å²) in [7, 11) is 0. The molecule has 10 heteroatoms. The number of carbonyl (C=O) groups excluding carboxylic acids is 2. The van der Waals surface area contributed by atoms with Crippen LogP contribution < -0.4 is 10.9 Å². The highest BCUT2D eigenvalue weighted by Gasteiger charge is 2.19. The van der Waals surface area contributed by atoms with E-state index in [0.717, 1.165) is 28.0 Å². The Bertz CT molecular complexity index is 1420. The highest BCUT2D eigenvalue weighted by molar-refractivity contribution is 7.17. The van der Waals surface area contributed by atoms with Gasteiger partial charge in [-0.1, -0.05) is 55.0 Å². The van der Waals surface area contributed by atoms with Crippen molar-refractivity contribution < 1.29 is 14.3 Å². The smallest absolute Gasteiger partial charge is 0.350 e. The van der Waals surface area contributed by atoms with Crippen molar-refractivity contribution >= 4 is 49.9 Å². The lowest BCUT2D eigenvalue weighted by molar-refractivity contribution is -0.116. The van der Waals surface area contributed by atoms with Gasteiger partial charge in [-0.3, -0.25) is 14.2 Å². The lowest BCUT2D eigenvalue weighted by Gasteiger charge is -2.06. The molecule has 0 aliphatic carbocycles. The number of hydrogen-bond donors (Lipinski definition) is 1. The molecule has 8 nitrogen and oxygen atoms in total. The Kier molecular flexibility index (Phi) is 6.90. The molecule has 0 unspecified atom stereocenters. The van der Waals surface area contributed by atoms with Crippen LogP contribution in [0.2, 0.25) is 0 Å². The molecule has 1 amide bonds. The monoisotopic (exact) mass is 496 g/mol. The summed E-state index contributed by atoms with van der Waals surface area (Å²) in [5, 5.41) is 5.34. The molecule has 0 saturated carbocycles. The third-order valence-electron chi connectivity index (χ3n) is 5.01. The quantitative estimate of drug-likeness (QED) is 0.374. The van der Waals surface area contributed by atoms with Crippen molar-refractivity contribution in [1.29, 1.82) is 0 Å². The molecule has 3 aromatic heterocycles. The Balaban J connectivity index is 1.53. The van der Waals surface area contributed by atoms with E-state index < -0.39 is 11.9 Å². The van der Waals surface area contributed by atoms with Crippen molar-refractivity contribution in [2.75, 3.05) is 11.9 Å². The first-order chi connectivity index (χ1) is 16.2. The number of nitrogens with zero attached hydrogens (tertiary/aromatic N) is 3. The van der Waals surface area contributed by atoms with Gasteiger partial charge in [0.15, 0.2) is 5.13 Å². The zero-order valence-electron chi connectivity index (χ0n) is 19.2. The predicted molar refractivity (Wildman–Crippen MR) is 135 cm³/mol. The molecule has 0 bridgehead atoms. The number of rotatable bonds is 7. The largest absolute Gasteiger partial charge is 0.461 e. The van der Waals surface area contributed by atoms with Gasteiger partial charge in [-0.25, -0.2) is 14.8 Å². The van der Waals surface area contributed by atoms with Crippen molar-refractivity contribution in [2.45, 2.75) is 34.2 Å². The van der Waals surface area contributed by atoms with E-state index in [0.29, 0.717) is 27.4 Å². The molecule has 0 radical (unpaired) electrons. The normalized spacial score (nSPS) is 11.2. The van der Waals surface area contributed by atoms with Crippen LogP contribution in [-0.2, 0) is 16.1 Å². The summed E-state index contributed by atoms with van der Waals surface area (Å²) in [4.78, 5) is 47.7. The SMILES string of the molecule is Cc1ccc(-c2csc3ncn(CC(=O)Nc4nc(C)c(C(=O)OCC(C)C)s4)c(=O)c23)cc1. The van der Waals surface area contributed by atoms with Crippen LogP contribution in [0.3, 0.4) is 0 Å². The number of aryl methyl sites for hydroxylation is 2. The number of carbonyl (C=O) groups is 2. The van der Waals surface area contributed by atoms with E-state index in [2.05, 4.69) is 15.3 Å². The second-order valence-electron chi connectivity index (χ2n) is 8.35. The highest BCUT2D eigenvalue weighted by Crippen LogP contribution is 2.30. The van der Waals surface area contributed by atoms with Gasteiger partial charge < -0.3 is 10.1 Å². The predicted octanol–water partition coefficient (Wildman–Crippen LogP) is 4.65. The zero-order valence-corrected chi connectivity index (χ0v) is 20.9. The molecule has 34 heavy (non-hydrogen) atoms. The first-order valence-electron chi connectivity index (χ1n) is 10.7. The minimum absolute atomic E-state index is 0.218. The second-order valence-corrected chi connectivity index (χ2v) is 10.2. The topological polar surface area (TPSA) is 103 Å². The molecule has 0 aliphatic rings. The van der Waals surface area contributed by atoms with Crippen LogP contribution in [0.15, 0.2) is 40.8 Å². The van der Waals surface area contributed by atoms with Crippen molar-refractivity contribution in [2.24, 2.45) is 5.92 Å². The van der Waals surface area contributed by atoms with E-state index in [1.54, 1.807) is 6.92 Å². The molecule has 1 aromatic carbocycles. The number of nitrogens with one attached hydrogen (secondary N) is 1. The van der Waals surface area contributed by atoms with E-state index in [1.807, 2.05) is 50.4 Å².